The molecule has 0 saturated carbocycles. The van der Waals surface area contributed by atoms with Crippen molar-refractivity contribution in [3.05, 3.63) is 50.6 Å². The molecule has 0 bridgehead atoms. The highest BCUT2D eigenvalue weighted by molar-refractivity contribution is 7.10. The van der Waals surface area contributed by atoms with E-state index < -0.39 is 0 Å². The minimum atomic E-state index is -0.177. The Morgan fingerprint density at radius 1 is 1.25 bits per heavy atom. The van der Waals surface area contributed by atoms with Crippen LogP contribution in [0, 0.1) is 0 Å². The molecule has 0 aliphatic rings. The van der Waals surface area contributed by atoms with Crippen LogP contribution in [-0.2, 0) is 4.79 Å². The van der Waals surface area contributed by atoms with Crippen LogP contribution >= 0.6 is 34.5 Å². The third-order valence-corrected chi connectivity index (χ3v) is 4.45. The summed E-state index contributed by atoms with van der Waals surface area (Å²) in [5, 5.41) is 8.74. The number of carbonyl (C=O) groups excluding carboxylic acids is 1. The number of hydrogen-bond acceptors (Lipinski definition) is 3. The van der Waals surface area contributed by atoms with Crippen LogP contribution in [0.4, 0.5) is 5.69 Å². The van der Waals surface area contributed by atoms with Crippen molar-refractivity contribution >= 4 is 46.1 Å². The summed E-state index contributed by atoms with van der Waals surface area (Å²) in [6.45, 7) is 2.21. The largest absolute Gasteiger partial charge is 0.322 e. The Morgan fingerprint density at radius 2 is 1.95 bits per heavy atom. The Morgan fingerprint density at radius 3 is 2.55 bits per heavy atom. The second-order valence-corrected chi connectivity index (χ2v) is 6.06. The lowest BCUT2D eigenvalue weighted by Crippen LogP contribution is -2.29. The lowest BCUT2D eigenvalue weighted by atomic mass is 10.2. The lowest BCUT2D eigenvalue weighted by molar-refractivity contribution is -0.115. The van der Waals surface area contributed by atoms with Gasteiger partial charge in [-0.2, -0.15) is 0 Å². The van der Waals surface area contributed by atoms with Gasteiger partial charge in [0, 0.05) is 10.9 Å². The van der Waals surface area contributed by atoms with E-state index in [-0.39, 0.29) is 18.5 Å². The Balaban J connectivity index is 1.90. The second-order valence-electron chi connectivity index (χ2n) is 4.26. The highest BCUT2D eigenvalue weighted by Crippen LogP contribution is 2.29. The van der Waals surface area contributed by atoms with Crippen molar-refractivity contribution in [2.75, 3.05) is 11.9 Å². The van der Waals surface area contributed by atoms with Crippen molar-refractivity contribution in [1.82, 2.24) is 5.32 Å². The van der Waals surface area contributed by atoms with Crippen molar-refractivity contribution < 1.29 is 4.79 Å². The topological polar surface area (TPSA) is 41.1 Å². The number of thiophene rings is 1. The van der Waals surface area contributed by atoms with Crippen molar-refractivity contribution in [3.8, 4) is 0 Å². The highest BCUT2D eigenvalue weighted by atomic mass is 35.5. The predicted molar refractivity (Wildman–Crippen MR) is 85.8 cm³/mol. The SMILES string of the molecule is C[C@H](NCC(=O)Nc1c(Cl)cccc1Cl)c1cccs1. The molecule has 1 atom stereocenters. The van der Waals surface area contributed by atoms with Crippen molar-refractivity contribution in [3.63, 3.8) is 0 Å². The fourth-order valence-corrected chi connectivity index (χ4v) is 2.94. The van der Waals surface area contributed by atoms with E-state index in [4.69, 9.17) is 23.2 Å². The van der Waals surface area contributed by atoms with E-state index in [9.17, 15) is 4.79 Å². The normalized spacial score (nSPS) is 12.2. The molecule has 1 amide bonds. The Bertz CT molecular complexity index is 567. The zero-order chi connectivity index (χ0) is 14.5. The number of anilines is 1. The molecule has 2 N–H and O–H groups in total. The first-order valence-electron chi connectivity index (χ1n) is 6.08. The molecular weight excluding hydrogens is 315 g/mol. The molecule has 1 aromatic heterocycles. The number of amides is 1. The Labute approximate surface area is 131 Å². The summed E-state index contributed by atoms with van der Waals surface area (Å²) in [5.74, 6) is -0.177. The standard InChI is InChI=1S/C14H14Cl2N2OS/c1-9(12-6-3-7-20-12)17-8-13(19)18-14-10(15)4-2-5-11(14)16/h2-7,9,17H,8H2,1H3,(H,18,19)/t9-/m0/s1. The molecular formula is C14H14Cl2N2OS. The molecule has 6 heteroatoms. The van der Waals surface area contributed by atoms with E-state index >= 15 is 0 Å². The molecule has 1 heterocycles. The van der Waals surface area contributed by atoms with Crippen LogP contribution in [0.2, 0.25) is 10.0 Å². The molecule has 0 unspecified atom stereocenters. The van der Waals surface area contributed by atoms with Gasteiger partial charge in [0.2, 0.25) is 5.91 Å². The Hall–Kier alpha value is -1.07. The number of rotatable bonds is 5. The van der Waals surface area contributed by atoms with E-state index in [0.717, 1.165) is 0 Å². The minimum Gasteiger partial charge on any atom is -0.322 e. The molecule has 1 aromatic carbocycles. The molecule has 0 saturated heterocycles. The number of carbonyl (C=O) groups is 1. The van der Waals surface area contributed by atoms with Gasteiger partial charge in [0.25, 0.3) is 0 Å². The smallest absolute Gasteiger partial charge is 0.238 e. The number of benzene rings is 1. The van der Waals surface area contributed by atoms with Crippen LogP contribution < -0.4 is 10.6 Å². The summed E-state index contributed by atoms with van der Waals surface area (Å²) in [6, 6.07) is 9.25. The number of hydrogen-bond donors (Lipinski definition) is 2. The summed E-state index contributed by atoms with van der Waals surface area (Å²) >= 11 is 13.7. The van der Waals surface area contributed by atoms with Gasteiger partial charge in [-0.3, -0.25) is 4.79 Å². The van der Waals surface area contributed by atoms with Gasteiger partial charge in [0.05, 0.1) is 22.3 Å². The minimum absolute atomic E-state index is 0.127. The van der Waals surface area contributed by atoms with Crippen molar-refractivity contribution in [2.45, 2.75) is 13.0 Å². The molecule has 106 valence electrons. The van der Waals surface area contributed by atoms with Gasteiger partial charge in [-0.1, -0.05) is 35.3 Å². The third kappa shape index (κ3) is 3.96. The Kier molecular flexibility index (Phi) is 5.43. The maximum absolute atomic E-state index is 11.9. The molecule has 2 aromatic rings. The van der Waals surface area contributed by atoms with E-state index in [1.165, 1.54) is 4.88 Å². The summed E-state index contributed by atoms with van der Waals surface area (Å²) in [6.07, 6.45) is 0. The third-order valence-electron chi connectivity index (χ3n) is 2.77. The van der Waals surface area contributed by atoms with Crippen LogP contribution in [-0.4, -0.2) is 12.5 Å². The van der Waals surface area contributed by atoms with E-state index in [1.54, 1.807) is 29.5 Å². The van der Waals surface area contributed by atoms with Gasteiger partial charge in [0.15, 0.2) is 0 Å². The summed E-state index contributed by atoms with van der Waals surface area (Å²) < 4.78 is 0. The van der Waals surface area contributed by atoms with E-state index in [0.29, 0.717) is 15.7 Å². The van der Waals surface area contributed by atoms with Crippen LogP contribution in [0.3, 0.4) is 0 Å². The first-order chi connectivity index (χ1) is 9.58. The van der Waals surface area contributed by atoms with E-state index in [1.807, 2.05) is 24.4 Å². The fraction of sp³-hybridized carbons (Fsp3) is 0.214. The van der Waals surface area contributed by atoms with Gasteiger partial charge < -0.3 is 10.6 Å². The fourth-order valence-electron chi connectivity index (χ4n) is 1.68. The zero-order valence-corrected chi connectivity index (χ0v) is 13.1. The van der Waals surface area contributed by atoms with Crippen LogP contribution in [0.5, 0.6) is 0 Å². The average Bonchev–Trinajstić information content (AvgIpc) is 2.94. The summed E-state index contributed by atoms with van der Waals surface area (Å²) in [7, 11) is 0. The lowest BCUT2D eigenvalue weighted by Gasteiger charge is -2.13. The number of nitrogens with one attached hydrogen (secondary N) is 2. The van der Waals surface area contributed by atoms with Gasteiger partial charge in [-0.15, -0.1) is 11.3 Å². The molecule has 0 aliphatic heterocycles. The maximum Gasteiger partial charge on any atom is 0.238 e. The van der Waals surface area contributed by atoms with Crippen molar-refractivity contribution in [2.24, 2.45) is 0 Å². The highest BCUT2D eigenvalue weighted by Gasteiger charge is 2.11. The molecule has 0 aliphatic carbocycles. The summed E-state index contributed by atoms with van der Waals surface area (Å²) in [5.41, 5.74) is 0.450. The van der Waals surface area contributed by atoms with Crippen LogP contribution in [0.15, 0.2) is 35.7 Å². The first kappa shape index (κ1) is 15.3. The average molecular weight is 329 g/mol. The van der Waals surface area contributed by atoms with Crippen molar-refractivity contribution in [1.29, 1.82) is 0 Å². The molecule has 0 spiro atoms. The zero-order valence-electron chi connectivity index (χ0n) is 10.8. The van der Waals surface area contributed by atoms with Gasteiger partial charge in [0.1, 0.15) is 0 Å². The van der Waals surface area contributed by atoms with Crippen LogP contribution in [0.1, 0.15) is 17.8 Å². The second kappa shape index (κ2) is 7.09. The molecule has 0 fully saturated rings. The predicted octanol–water partition coefficient (Wildman–Crippen LogP) is 4.34. The van der Waals surface area contributed by atoms with Crippen LogP contribution in [0.25, 0.3) is 0 Å². The monoisotopic (exact) mass is 328 g/mol. The first-order valence-corrected chi connectivity index (χ1v) is 7.72. The number of para-hydroxylation sites is 1. The van der Waals surface area contributed by atoms with Gasteiger partial charge in [-0.05, 0) is 30.5 Å². The summed E-state index contributed by atoms with van der Waals surface area (Å²) in [4.78, 5) is 13.1. The van der Waals surface area contributed by atoms with Gasteiger partial charge in [-0.25, -0.2) is 0 Å². The molecule has 20 heavy (non-hydrogen) atoms. The molecule has 3 nitrogen and oxygen atoms in total. The quantitative estimate of drug-likeness (QED) is 0.856. The van der Waals surface area contributed by atoms with E-state index in [2.05, 4.69) is 10.6 Å². The maximum atomic E-state index is 11.9. The molecule has 0 radical (unpaired) electrons. The number of halogens is 2. The van der Waals surface area contributed by atoms with Gasteiger partial charge >= 0.3 is 0 Å². The molecule has 2 rings (SSSR count).